The number of hydrogen-bond donors (Lipinski definition) is 0. The van der Waals surface area contributed by atoms with Crippen molar-refractivity contribution in [2.24, 2.45) is 0 Å². The number of alkyl halides is 6. The molecule has 3 nitrogen and oxygen atoms in total. The molecule has 0 bridgehead atoms. The van der Waals surface area contributed by atoms with Crippen LogP contribution in [0.15, 0.2) is 60.7 Å². The normalized spacial score (nSPS) is 18.3. The molecule has 0 N–H and O–H groups in total. The molecule has 0 radical (unpaired) electrons. The van der Waals surface area contributed by atoms with Gasteiger partial charge in [-0.3, -0.25) is 4.98 Å². The predicted molar refractivity (Wildman–Crippen MR) is 111 cm³/mol. The maximum Gasteiger partial charge on any atom is 0.416 e. The molecule has 1 heterocycles. The van der Waals surface area contributed by atoms with Gasteiger partial charge in [0.25, 0.3) is 0 Å². The summed E-state index contributed by atoms with van der Waals surface area (Å²) in [7, 11) is 0. The second kappa shape index (κ2) is 8.77. The minimum atomic E-state index is -5.06. The molecule has 34 heavy (non-hydrogen) atoms. The Balaban J connectivity index is 1.71. The number of ether oxygens (including phenoxy) is 1. The summed E-state index contributed by atoms with van der Waals surface area (Å²) in [6.45, 7) is 1.84. The highest BCUT2D eigenvalue weighted by Crippen LogP contribution is 2.40. The molecule has 9 heteroatoms. The van der Waals surface area contributed by atoms with Crippen LogP contribution in [0.1, 0.15) is 56.3 Å². The minimum absolute atomic E-state index is 0.0194. The maximum atomic E-state index is 13.2. The lowest BCUT2D eigenvalue weighted by atomic mass is 9.78. The van der Waals surface area contributed by atoms with E-state index >= 15 is 0 Å². The highest BCUT2D eigenvalue weighted by atomic mass is 19.4. The average Bonchev–Trinajstić information content (AvgIpc) is 2.78. The summed E-state index contributed by atoms with van der Waals surface area (Å²) in [5, 5.41) is 0. The first-order valence-corrected chi connectivity index (χ1v) is 10.5. The summed E-state index contributed by atoms with van der Waals surface area (Å²) in [5.74, 6) is -1.71. The first-order valence-electron chi connectivity index (χ1n) is 10.5. The first kappa shape index (κ1) is 23.8. The van der Waals surface area contributed by atoms with Gasteiger partial charge < -0.3 is 4.74 Å². The zero-order valence-electron chi connectivity index (χ0n) is 17.9. The Labute approximate surface area is 191 Å². The number of aromatic nitrogens is 1. The standard InChI is InChI=1S/C25H19F6NO2/c1-14-7-8-19-20(32-14)9-10-21(22(19)15-5-3-2-4-6-15)34-23(33)16-11-17(24(26,27)28)13-18(12-16)25(29,30)31/h2-8,11-13,21-22H,9-10H2,1H3/t21-,22-/m0/s1. The molecule has 0 amide bonds. The third kappa shape index (κ3) is 4.93. The van der Waals surface area contributed by atoms with Crippen LogP contribution in [-0.2, 0) is 23.5 Å². The lowest BCUT2D eigenvalue weighted by molar-refractivity contribution is -0.143. The zero-order chi connectivity index (χ0) is 24.7. The topological polar surface area (TPSA) is 39.2 Å². The lowest BCUT2D eigenvalue weighted by Crippen LogP contribution is -2.32. The van der Waals surface area contributed by atoms with Crippen molar-refractivity contribution in [3.05, 3.63) is 99.9 Å². The number of aryl methyl sites for hydroxylation is 2. The maximum absolute atomic E-state index is 13.2. The molecule has 0 saturated carbocycles. The molecule has 3 aromatic rings. The van der Waals surface area contributed by atoms with Crippen LogP contribution in [0, 0.1) is 6.92 Å². The van der Waals surface area contributed by atoms with Crippen molar-refractivity contribution in [2.45, 2.75) is 44.1 Å². The molecule has 0 fully saturated rings. The van der Waals surface area contributed by atoms with Crippen molar-refractivity contribution < 1.29 is 35.9 Å². The van der Waals surface area contributed by atoms with Crippen LogP contribution < -0.4 is 0 Å². The number of nitrogens with zero attached hydrogens (tertiary/aromatic N) is 1. The Morgan fingerprint density at radius 3 is 2.12 bits per heavy atom. The average molecular weight is 479 g/mol. The van der Waals surface area contributed by atoms with Gasteiger partial charge in [-0.2, -0.15) is 26.3 Å². The van der Waals surface area contributed by atoms with Gasteiger partial charge in [0.05, 0.1) is 16.7 Å². The monoisotopic (exact) mass is 479 g/mol. The summed E-state index contributed by atoms with van der Waals surface area (Å²) in [5.41, 5.74) is -0.705. The van der Waals surface area contributed by atoms with E-state index < -0.39 is 47.0 Å². The number of benzene rings is 2. The summed E-state index contributed by atoms with van der Waals surface area (Å²) in [6, 6.07) is 13.5. The quantitative estimate of drug-likeness (QED) is 0.309. The summed E-state index contributed by atoms with van der Waals surface area (Å²) >= 11 is 0. The van der Waals surface area contributed by atoms with E-state index in [-0.39, 0.29) is 6.07 Å². The largest absolute Gasteiger partial charge is 0.458 e. The molecule has 178 valence electrons. The van der Waals surface area contributed by atoms with E-state index in [1.807, 2.05) is 31.2 Å². The van der Waals surface area contributed by atoms with Crippen LogP contribution in [0.25, 0.3) is 0 Å². The van der Waals surface area contributed by atoms with E-state index in [1.54, 1.807) is 18.2 Å². The Bertz CT molecular complexity index is 1170. The van der Waals surface area contributed by atoms with Crippen LogP contribution in [0.2, 0.25) is 0 Å². The predicted octanol–water partition coefficient (Wildman–Crippen LogP) is 6.73. The highest BCUT2D eigenvalue weighted by Gasteiger charge is 2.39. The van der Waals surface area contributed by atoms with Gasteiger partial charge in [0, 0.05) is 17.3 Å². The fraction of sp³-hybridized carbons (Fsp3) is 0.280. The molecular formula is C25H19F6NO2. The molecule has 0 aliphatic heterocycles. The smallest absolute Gasteiger partial charge is 0.416 e. The Kier molecular flexibility index (Phi) is 6.14. The van der Waals surface area contributed by atoms with Crippen molar-refractivity contribution in [3.63, 3.8) is 0 Å². The molecule has 1 aliphatic rings. The van der Waals surface area contributed by atoms with E-state index in [0.29, 0.717) is 25.0 Å². The Hall–Kier alpha value is -3.36. The third-order valence-corrected chi connectivity index (χ3v) is 5.76. The number of carbonyl (C=O) groups excluding carboxylic acids is 1. The molecule has 4 rings (SSSR count). The van der Waals surface area contributed by atoms with Crippen molar-refractivity contribution in [1.82, 2.24) is 4.98 Å². The number of halogens is 6. The molecule has 2 atom stereocenters. The number of esters is 1. The first-order chi connectivity index (χ1) is 15.9. The van der Waals surface area contributed by atoms with Crippen LogP contribution in [0.3, 0.4) is 0 Å². The molecular weight excluding hydrogens is 460 g/mol. The SMILES string of the molecule is Cc1ccc2c(n1)CC[C@H](OC(=O)c1cc(C(F)(F)F)cc(C(F)(F)F)c1)[C@H]2c1ccccc1. The van der Waals surface area contributed by atoms with Crippen molar-refractivity contribution >= 4 is 5.97 Å². The molecule has 1 aromatic heterocycles. The number of fused-ring (bicyclic) bond motifs is 1. The Morgan fingerprint density at radius 2 is 1.53 bits per heavy atom. The van der Waals surface area contributed by atoms with Crippen molar-refractivity contribution in [3.8, 4) is 0 Å². The molecule has 0 spiro atoms. The van der Waals surface area contributed by atoms with Crippen LogP contribution in [0.5, 0.6) is 0 Å². The van der Waals surface area contributed by atoms with Gasteiger partial charge in [-0.25, -0.2) is 4.79 Å². The fourth-order valence-corrected chi connectivity index (χ4v) is 4.21. The second-order valence-electron chi connectivity index (χ2n) is 8.15. The second-order valence-corrected chi connectivity index (χ2v) is 8.15. The van der Waals surface area contributed by atoms with Crippen LogP contribution in [0.4, 0.5) is 26.3 Å². The van der Waals surface area contributed by atoms with E-state index in [1.165, 1.54) is 0 Å². The summed E-state index contributed by atoms with van der Waals surface area (Å²) in [6.07, 6.45) is -10.1. The lowest BCUT2D eigenvalue weighted by Gasteiger charge is -2.33. The molecule has 0 saturated heterocycles. The Morgan fingerprint density at radius 1 is 0.912 bits per heavy atom. The highest BCUT2D eigenvalue weighted by molar-refractivity contribution is 5.90. The number of pyridine rings is 1. The van der Waals surface area contributed by atoms with E-state index in [2.05, 4.69) is 4.98 Å². The van der Waals surface area contributed by atoms with E-state index in [0.717, 1.165) is 22.5 Å². The van der Waals surface area contributed by atoms with Gasteiger partial charge in [0.15, 0.2) is 0 Å². The van der Waals surface area contributed by atoms with Crippen molar-refractivity contribution in [1.29, 1.82) is 0 Å². The minimum Gasteiger partial charge on any atom is -0.458 e. The van der Waals surface area contributed by atoms with E-state index in [9.17, 15) is 31.1 Å². The van der Waals surface area contributed by atoms with Crippen molar-refractivity contribution in [2.75, 3.05) is 0 Å². The molecule has 0 unspecified atom stereocenters. The number of hydrogen-bond acceptors (Lipinski definition) is 3. The van der Waals surface area contributed by atoms with Gasteiger partial charge in [0.1, 0.15) is 6.10 Å². The number of rotatable bonds is 3. The summed E-state index contributed by atoms with van der Waals surface area (Å²) < 4.78 is 84.8. The summed E-state index contributed by atoms with van der Waals surface area (Å²) in [4.78, 5) is 17.4. The number of carbonyl (C=O) groups is 1. The van der Waals surface area contributed by atoms with E-state index in [4.69, 9.17) is 4.74 Å². The van der Waals surface area contributed by atoms with Gasteiger partial charge in [-0.15, -0.1) is 0 Å². The van der Waals surface area contributed by atoms with Gasteiger partial charge in [-0.1, -0.05) is 36.4 Å². The van der Waals surface area contributed by atoms with Gasteiger partial charge >= 0.3 is 18.3 Å². The zero-order valence-corrected chi connectivity index (χ0v) is 17.9. The van der Waals surface area contributed by atoms with Crippen LogP contribution >= 0.6 is 0 Å². The molecule has 1 aliphatic carbocycles. The van der Waals surface area contributed by atoms with Gasteiger partial charge in [-0.05, 0) is 55.2 Å². The fourth-order valence-electron chi connectivity index (χ4n) is 4.21. The molecule has 2 aromatic carbocycles. The van der Waals surface area contributed by atoms with Crippen LogP contribution in [-0.4, -0.2) is 17.1 Å². The van der Waals surface area contributed by atoms with Gasteiger partial charge in [0.2, 0.25) is 0 Å². The third-order valence-electron chi connectivity index (χ3n) is 5.76.